The average molecular weight is 273 g/mol. The number of nitrogens with zero attached hydrogens (tertiary/aromatic N) is 1. The first-order valence-corrected chi connectivity index (χ1v) is 6.59. The summed E-state index contributed by atoms with van der Waals surface area (Å²) < 4.78 is 10.9. The van der Waals surface area contributed by atoms with Crippen molar-refractivity contribution in [1.29, 1.82) is 0 Å². The number of pyridine rings is 1. The number of hydrogen-bond acceptors (Lipinski definition) is 4. The number of ether oxygens (including phenoxy) is 2. The molecule has 0 radical (unpaired) electrons. The summed E-state index contributed by atoms with van der Waals surface area (Å²) in [7, 11) is 1.61. The molecule has 1 atom stereocenters. The molecule has 4 nitrogen and oxygen atoms in total. The van der Waals surface area contributed by atoms with Crippen molar-refractivity contribution in [1.82, 2.24) is 4.98 Å². The minimum atomic E-state index is -0.578. The van der Waals surface area contributed by atoms with Crippen LogP contribution in [0.2, 0.25) is 0 Å². The van der Waals surface area contributed by atoms with E-state index in [9.17, 15) is 5.11 Å². The minimum absolute atomic E-state index is 0.504. The topological polar surface area (TPSA) is 51.6 Å². The maximum atomic E-state index is 9.75. The van der Waals surface area contributed by atoms with Crippen LogP contribution in [0.1, 0.15) is 24.3 Å². The van der Waals surface area contributed by atoms with Crippen LogP contribution in [0.25, 0.3) is 0 Å². The van der Waals surface area contributed by atoms with E-state index in [1.165, 1.54) is 0 Å². The highest BCUT2D eigenvalue weighted by Crippen LogP contribution is 2.29. The second kappa shape index (κ2) is 6.91. The van der Waals surface area contributed by atoms with Crippen molar-refractivity contribution < 1.29 is 14.6 Å². The van der Waals surface area contributed by atoms with E-state index in [2.05, 4.69) is 4.98 Å². The van der Waals surface area contributed by atoms with Crippen molar-refractivity contribution >= 4 is 0 Å². The summed E-state index contributed by atoms with van der Waals surface area (Å²) in [5.74, 6) is 1.36. The van der Waals surface area contributed by atoms with Gasteiger partial charge in [-0.3, -0.25) is 4.98 Å². The lowest BCUT2D eigenvalue weighted by Gasteiger charge is -2.14. The fraction of sp³-hybridized carbons (Fsp3) is 0.312. The van der Waals surface area contributed by atoms with Gasteiger partial charge in [-0.15, -0.1) is 0 Å². The molecule has 0 fully saturated rings. The number of methoxy groups -OCH3 is 1. The Hall–Kier alpha value is -2.07. The van der Waals surface area contributed by atoms with Crippen LogP contribution in [-0.2, 0) is 6.42 Å². The van der Waals surface area contributed by atoms with Crippen LogP contribution in [-0.4, -0.2) is 23.8 Å². The molecule has 1 aromatic carbocycles. The summed E-state index contributed by atoms with van der Waals surface area (Å²) in [5, 5.41) is 9.75. The van der Waals surface area contributed by atoms with Gasteiger partial charge < -0.3 is 14.6 Å². The maximum absolute atomic E-state index is 9.75. The lowest BCUT2D eigenvalue weighted by Crippen LogP contribution is -2.06. The van der Waals surface area contributed by atoms with Crippen molar-refractivity contribution in [2.45, 2.75) is 19.4 Å². The van der Waals surface area contributed by atoms with Gasteiger partial charge in [-0.05, 0) is 31.2 Å². The predicted octanol–water partition coefficient (Wildman–Crippen LogP) is 2.77. The zero-order valence-corrected chi connectivity index (χ0v) is 11.7. The summed E-state index contributed by atoms with van der Waals surface area (Å²) in [6.45, 7) is 2.22. The van der Waals surface area contributed by atoms with Crippen LogP contribution in [0.4, 0.5) is 0 Å². The molecular formula is C16H19NO3. The summed E-state index contributed by atoms with van der Waals surface area (Å²) in [4.78, 5) is 4.25. The number of aliphatic hydroxyl groups excluding tert-OH is 1. The summed E-state index contributed by atoms with van der Waals surface area (Å²) in [5.41, 5.74) is 1.74. The Balaban J connectivity index is 2.04. The Kier molecular flexibility index (Phi) is 4.96. The highest BCUT2D eigenvalue weighted by Gasteiger charge is 2.10. The molecule has 1 aromatic heterocycles. The average Bonchev–Trinajstić information content (AvgIpc) is 2.48. The molecule has 106 valence electrons. The molecule has 0 saturated carbocycles. The number of rotatable bonds is 6. The lowest BCUT2D eigenvalue weighted by molar-refractivity contribution is 0.191. The monoisotopic (exact) mass is 273 g/mol. The van der Waals surface area contributed by atoms with Gasteiger partial charge in [0.15, 0.2) is 0 Å². The van der Waals surface area contributed by atoms with E-state index in [1.807, 2.05) is 30.3 Å². The van der Waals surface area contributed by atoms with Crippen LogP contribution in [0.3, 0.4) is 0 Å². The number of hydrogen-bond donors (Lipinski definition) is 1. The highest BCUT2D eigenvalue weighted by molar-refractivity contribution is 5.41. The Labute approximate surface area is 119 Å². The van der Waals surface area contributed by atoms with E-state index in [4.69, 9.17) is 9.47 Å². The minimum Gasteiger partial charge on any atom is -0.497 e. The molecule has 0 spiro atoms. The molecular weight excluding hydrogens is 254 g/mol. The van der Waals surface area contributed by atoms with Gasteiger partial charge in [-0.25, -0.2) is 0 Å². The highest BCUT2D eigenvalue weighted by atomic mass is 16.5. The smallest absolute Gasteiger partial charge is 0.128 e. The molecule has 0 aliphatic carbocycles. The van der Waals surface area contributed by atoms with Gasteiger partial charge in [0.25, 0.3) is 0 Å². The quantitative estimate of drug-likeness (QED) is 0.879. The van der Waals surface area contributed by atoms with Crippen molar-refractivity contribution in [2.24, 2.45) is 0 Å². The molecule has 0 amide bonds. The first-order chi connectivity index (χ1) is 9.70. The molecule has 2 aromatic rings. The summed E-state index contributed by atoms with van der Waals surface area (Å²) in [6.07, 6.45) is 1.91. The third-order valence-corrected chi connectivity index (χ3v) is 3.01. The first-order valence-electron chi connectivity index (χ1n) is 6.59. The molecule has 4 heteroatoms. The van der Waals surface area contributed by atoms with Gasteiger partial charge in [0.2, 0.25) is 0 Å². The Morgan fingerprint density at radius 2 is 2.10 bits per heavy atom. The maximum Gasteiger partial charge on any atom is 0.128 e. The Bertz CT molecular complexity index is 541. The summed E-state index contributed by atoms with van der Waals surface area (Å²) >= 11 is 0. The lowest BCUT2D eigenvalue weighted by atomic mass is 10.1. The second-order valence-corrected chi connectivity index (χ2v) is 4.50. The van der Waals surface area contributed by atoms with Crippen LogP contribution >= 0.6 is 0 Å². The molecule has 0 saturated heterocycles. The predicted molar refractivity (Wildman–Crippen MR) is 77.1 cm³/mol. The molecule has 0 bridgehead atoms. The zero-order valence-electron chi connectivity index (χ0n) is 11.7. The molecule has 0 aliphatic rings. The van der Waals surface area contributed by atoms with Gasteiger partial charge in [-0.1, -0.05) is 6.07 Å². The van der Waals surface area contributed by atoms with E-state index in [-0.39, 0.29) is 0 Å². The SMILES string of the molecule is COc1ccc(C(C)O)c(OCCc2ccccn2)c1. The first kappa shape index (κ1) is 14.3. The van der Waals surface area contributed by atoms with Crippen molar-refractivity contribution in [3.8, 4) is 11.5 Å². The normalized spacial score (nSPS) is 11.9. The van der Waals surface area contributed by atoms with Gasteiger partial charge in [0, 0.05) is 29.9 Å². The zero-order chi connectivity index (χ0) is 14.4. The molecule has 1 unspecified atom stereocenters. The van der Waals surface area contributed by atoms with Crippen LogP contribution < -0.4 is 9.47 Å². The molecule has 2 rings (SSSR count). The third kappa shape index (κ3) is 3.71. The second-order valence-electron chi connectivity index (χ2n) is 4.50. The molecule has 1 heterocycles. The van der Waals surface area contributed by atoms with Gasteiger partial charge in [0.1, 0.15) is 11.5 Å². The van der Waals surface area contributed by atoms with Crippen LogP contribution in [0, 0.1) is 0 Å². The van der Waals surface area contributed by atoms with Crippen molar-refractivity contribution in [2.75, 3.05) is 13.7 Å². The Morgan fingerprint density at radius 3 is 2.75 bits per heavy atom. The van der Waals surface area contributed by atoms with E-state index in [0.29, 0.717) is 18.1 Å². The van der Waals surface area contributed by atoms with E-state index in [1.54, 1.807) is 26.3 Å². The third-order valence-electron chi connectivity index (χ3n) is 3.01. The number of aromatic nitrogens is 1. The fourth-order valence-electron chi connectivity index (χ4n) is 1.92. The van der Waals surface area contributed by atoms with Crippen molar-refractivity contribution in [3.63, 3.8) is 0 Å². The van der Waals surface area contributed by atoms with Gasteiger partial charge >= 0.3 is 0 Å². The fourth-order valence-corrected chi connectivity index (χ4v) is 1.92. The van der Waals surface area contributed by atoms with E-state index in [0.717, 1.165) is 17.7 Å². The number of aliphatic hydroxyl groups is 1. The molecule has 1 N–H and O–H groups in total. The van der Waals surface area contributed by atoms with E-state index >= 15 is 0 Å². The number of benzene rings is 1. The van der Waals surface area contributed by atoms with Gasteiger partial charge in [0.05, 0.1) is 19.8 Å². The standard InChI is InChI=1S/C16H19NO3/c1-12(18)15-7-6-14(19-2)11-16(15)20-10-8-13-5-3-4-9-17-13/h3-7,9,11-12,18H,8,10H2,1-2H3. The molecule has 0 aliphatic heterocycles. The summed E-state index contributed by atoms with van der Waals surface area (Å²) in [6, 6.07) is 11.2. The van der Waals surface area contributed by atoms with E-state index < -0.39 is 6.10 Å². The van der Waals surface area contributed by atoms with Crippen molar-refractivity contribution in [3.05, 3.63) is 53.9 Å². The van der Waals surface area contributed by atoms with Crippen LogP contribution in [0.15, 0.2) is 42.6 Å². The van der Waals surface area contributed by atoms with Gasteiger partial charge in [-0.2, -0.15) is 0 Å². The largest absolute Gasteiger partial charge is 0.497 e. The molecule has 20 heavy (non-hydrogen) atoms. The van der Waals surface area contributed by atoms with Crippen LogP contribution in [0.5, 0.6) is 11.5 Å². The Morgan fingerprint density at radius 1 is 1.25 bits per heavy atom.